The zero-order chi connectivity index (χ0) is 19.2. The SMILES string of the molecule is COc1ccc(CC(=O)N2C[C@@H](CO)[C@@H](CN3CCC(CO)CC3)C2)cc1. The van der Waals surface area contributed by atoms with Gasteiger partial charge in [0.2, 0.25) is 5.91 Å². The highest BCUT2D eigenvalue weighted by Gasteiger charge is 2.36. The first-order chi connectivity index (χ1) is 13.1. The maximum Gasteiger partial charge on any atom is 0.227 e. The van der Waals surface area contributed by atoms with E-state index in [4.69, 9.17) is 4.74 Å². The molecule has 2 aliphatic rings. The number of likely N-dealkylation sites (tertiary alicyclic amines) is 2. The molecule has 2 heterocycles. The van der Waals surface area contributed by atoms with Gasteiger partial charge < -0.3 is 24.7 Å². The number of benzene rings is 1. The Morgan fingerprint density at radius 2 is 1.74 bits per heavy atom. The monoisotopic (exact) mass is 376 g/mol. The highest BCUT2D eigenvalue weighted by molar-refractivity contribution is 5.79. The number of methoxy groups -OCH3 is 1. The van der Waals surface area contributed by atoms with Gasteiger partial charge in [-0.3, -0.25) is 4.79 Å². The van der Waals surface area contributed by atoms with Crippen molar-refractivity contribution in [2.75, 3.05) is 53.0 Å². The number of nitrogens with zero attached hydrogens (tertiary/aromatic N) is 2. The van der Waals surface area contributed by atoms with Crippen LogP contribution in [-0.4, -0.2) is 79.0 Å². The molecule has 0 bridgehead atoms. The molecule has 0 spiro atoms. The summed E-state index contributed by atoms with van der Waals surface area (Å²) in [6, 6.07) is 7.61. The molecule has 2 aliphatic heterocycles. The summed E-state index contributed by atoms with van der Waals surface area (Å²) in [7, 11) is 1.63. The van der Waals surface area contributed by atoms with Gasteiger partial charge in [-0.15, -0.1) is 0 Å². The average molecular weight is 376 g/mol. The van der Waals surface area contributed by atoms with Crippen molar-refractivity contribution in [3.8, 4) is 5.75 Å². The third-order valence-electron chi connectivity index (χ3n) is 6.14. The van der Waals surface area contributed by atoms with Crippen molar-refractivity contribution < 1.29 is 19.7 Å². The number of piperidine rings is 1. The number of carbonyl (C=O) groups excluding carboxylic acids is 1. The van der Waals surface area contributed by atoms with Gasteiger partial charge >= 0.3 is 0 Å². The van der Waals surface area contributed by atoms with Crippen LogP contribution in [0.3, 0.4) is 0 Å². The third kappa shape index (κ3) is 5.21. The van der Waals surface area contributed by atoms with Crippen molar-refractivity contribution in [3.63, 3.8) is 0 Å². The molecule has 150 valence electrons. The fourth-order valence-corrected chi connectivity index (χ4v) is 4.27. The number of aliphatic hydroxyl groups is 2. The molecule has 1 aromatic carbocycles. The zero-order valence-corrected chi connectivity index (χ0v) is 16.2. The van der Waals surface area contributed by atoms with Crippen molar-refractivity contribution in [1.29, 1.82) is 0 Å². The molecule has 27 heavy (non-hydrogen) atoms. The summed E-state index contributed by atoms with van der Waals surface area (Å²) in [6.45, 7) is 4.70. The molecule has 0 aromatic heterocycles. The smallest absolute Gasteiger partial charge is 0.227 e. The Hall–Kier alpha value is -1.63. The minimum Gasteiger partial charge on any atom is -0.497 e. The molecule has 2 fully saturated rings. The van der Waals surface area contributed by atoms with E-state index in [1.165, 1.54) is 0 Å². The van der Waals surface area contributed by atoms with Crippen molar-refractivity contribution in [3.05, 3.63) is 29.8 Å². The molecule has 0 radical (unpaired) electrons. The summed E-state index contributed by atoms with van der Waals surface area (Å²) in [5.74, 6) is 1.82. The van der Waals surface area contributed by atoms with E-state index in [0.29, 0.717) is 24.8 Å². The first-order valence-electron chi connectivity index (χ1n) is 9.97. The second-order valence-corrected chi connectivity index (χ2v) is 7.95. The van der Waals surface area contributed by atoms with Crippen LogP contribution in [0.5, 0.6) is 5.75 Å². The molecular formula is C21H32N2O4. The van der Waals surface area contributed by atoms with Gasteiger partial charge in [-0.05, 0) is 55.5 Å². The van der Waals surface area contributed by atoms with E-state index in [-0.39, 0.29) is 25.0 Å². The largest absolute Gasteiger partial charge is 0.497 e. The molecule has 3 rings (SSSR count). The van der Waals surface area contributed by atoms with Crippen LogP contribution in [0.4, 0.5) is 0 Å². The quantitative estimate of drug-likeness (QED) is 0.743. The second-order valence-electron chi connectivity index (χ2n) is 7.95. The van der Waals surface area contributed by atoms with Crippen molar-refractivity contribution >= 4 is 5.91 Å². The van der Waals surface area contributed by atoms with Crippen LogP contribution in [0.25, 0.3) is 0 Å². The Kier molecular flexibility index (Phi) is 7.10. The molecule has 2 N–H and O–H groups in total. The van der Waals surface area contributed by atoms with Crippen LogP contribution in [0, 0.1) is 17.8 Å². The van der Waals surface area contributed by atoms with Crippen molar-refractivity contribution in [2.45, 2.75) is 19.3 Å². The lowest BCUT2D eigenvalue weighted by Gasteiger charge is -2.33. The highest BCUT2D eigenvalue weighted by atomic mass is 16.5. The maximum absolute atomic E-state index is 12.7. The van der Waals surface area contributed by atoms with E-state index < -0.39 is 0 Å². The topological polar surface area (TPSA) is 73.2 Å². The van der Waals surface area contributed by atoms with E-state index >= 15 is 0 Å². The lowest BCUT2D eigenvalue weighted by atomic mass is 9.93. The van der Waals surface area contributed by atoms with E-state index in [0.717, 1.165) is 50.3 Å². The Morgan fingerprint density at radius 3 is 2.33 bits per heavy atom. The molecule has 0 saturated carbocycles. The molecular weight excluding hydrogens is 344 g/mol. The summed E-state index contributed by atoms with van der Waals surface area (Å²) in [4.78, 5) is 17.1. The number of carbonyl (C=O) groups is 1. The van der Waals surface area contributed by atoms with Crippen LogP contribution in [0.15, 0.2) is 24.3 Å². The normalized spacial score (nSPS) is 24.3. The Labute approximate surface area is 161 Å². The number of rotatable bonds is 7. The van der Waals surface area contributed by atoms with Crippen LogP contribution in [-0.2, 0) is 11.2 Å². The van der Waals surface area contributed by atoms with Crippen LogP contribution < -0.4 is 4.74 Å². The van der Waals surface area contributed by atoms with Crippen molar-refractivity contribution in [1.82, 2.24) is 9.80 Å². The molecule has 2 saturated heterocycles. The second kappa shape index (κ2) is 9.53. The summed E-state index contributed by atoms with van der Waals surface area (Å²) in [5, 5.41) is 19.1. The Bertz CT molecular complexity index is 599. The van der Waals surface area contributed by atoms with Crippen LogP contribution in [0.2, 0.25) is 0 Å². The number of ether oxygens (including phenoxy) is 1. The number of hydrogen-bond acceptors (Lipinski definition) is 5. The fourth-order valence-electron chi connectivity index (χ4n) is 4.27. The molecule has 1 amide bonds. The summed E-state index contributed by atoms with van der Waals surface area (Å²) in [5.41, 5.74) is 0.982. The number of aliphatic hydroxyl groups excluding tert-OH is 2. The first-order valence-corrected chi connectivity index (χ1v) is 9.97. The molecule has 1 aromatic rings. The predicted molar refractivity (Wildman–Crippen MR) is 104 cm³/mol. The molecule has 0 unspecified atom stereocenters. The molecule has 2 atom stereocenters. The summed E-state index contributed by atoms with van der Waals surface area (Å²) >= 11 is 0. The Morgan fingerprint density at radius 1 is 1.07 bits per heavy atom. The summed E-state index contributed by atoms with van der Waals surface area (Å²) < 4.78 is 5.16. The average Bonchev–Trinajstić information content (AvgIpc) is 3.12. The van der Waals surface area contributed by atoms with Gasteiger partial charge in [-0.25, -0.2) is 0 Å². The van der Waals surface area contributed by atoms with Crippen LogP contribution >= 0.6 is 0 Å². The van der Waals surface area contributed by atoms with E-state index in [1.807, 2.05) is 29.2 Å². The third-order valence-corrected chi connectivity index (χ3v) is 6.14. The molecule has 0 aliphatic carbocycles. The highest BCUT2D eigenvalue weighted by Crippen LogP contribution is 2.27. The van der Waals surface area contributed by atoms with E-state index in [2.05, 4.69) is 4.90 Å². The van der Waals surface area contributed by atoms with Crippen LogP contribution in [0.1, 0.15) is 18.4 Å². The Balaban J connectivity index is 1.52. The van der Waals surface area contributed by atoms with E-state index in [1.54, 1.807) is 7.11 Å². The van der Waals surface area contributed by atoms with Gasteiger partial charge in [0, 0.05) is 38.8 Å². The van der Waals surface area contributed by atoms with E-state index in [9.17, 15) is 15.0 Å². The van der Waals surface area contributed by atoms with Gasteiger partial charge in [0.15, 0.2) is 0 Å². The lowest BCUT2D eigenvalue weighted by Crippen LogP contribution is -2.40. The van der Waals surface area contributed by atoms with Gasteiger partial charge in [-0.1, -0.05) is 12.1 Å². The minimum atomic E-state index is 0.125. The lowest BCUT2D eigenvalue weighted by molar-refractivity contribution is -0.129. The number of hydrogen-bond donors (Lipinski definition) is 2. The number of amides is 1. The van der Waals surface area contributed by atoms with Crippen molar-refractivity contribution in [2.24, 2.45) is 17.8 Å². The molecule has 6 nitrogen and oxygen atoms in total. The standard InChI is InChI=1S/C21H32N2O4/c1-27-20-4-2-16(3-5-20)10-21(26)23-12-18(19(13-23)15-25)11-22-8-6-17(14-24)7-9-22/h2-5,17-19,24-25H,6-15H2,1H3/t18-,19-/m0/s1. The zero-order valence-electron chi connectivity index (χ0n) is 16.2. The van der Waals surface area contributed by atoms with Gasteiger partial charge in [0.25, 0.3) is 0 Å². The molecule has 6 heteroatoms. The summed E-state index contributed by atoms with van der Waals surface area (Å²) in [6.07, 6.45) is 2.46. The predicted octanol–water partition coefficient (Wildman–Crippen LogP) is 1.01. The maximum atomic E-state index is 12.7. The first kappa shape index (κ1) is 20.1. The minimum absolute atomic E-state index is 0.125. The fraction of sp³-hybridized carbons (Fsp3) is 0.667. The van der Waals surface area contributed by atoms with Gasteiger partial charge in [0.05, 0.1) is 13.5 Å². The van der Waals surface area contributed by atoms with Gasteiger partial charge in [-0.2, -0.15) is 0 Å². The van der Waals surface area contributed by atoms with Gasteiger partial charge in [0.1, 0.15) is 5.75 Å².